The highest BCUT2D eigenvalue weighted by Gasteiger charge is 2.16. The number of benzene rings is 1. The Kier molecular flexibility index (Phi) is 4.68. The fraction of sp³-hybridized carbons (Fsp3) is 0.500. The first-order valence-corrected chi connectivity index (χ1v) is 7.09. The number of nitrogens with one attached hydrogen (secondary N) is 1. The van der Waals surface area contributed by atoms with Crippen molar-refractivity contribution in [3.05, 3.63) is 29.8 Å². The molecule has 1 rings (SSSR count). The second-order valence-corrected chi connectivity index (χ2v) is 6.29. The Balaban J connectivity index is 2.96. The molecule has 1 unspecified atom stereocenters. The van der Waals surface area contributed by atoms with Crippen molar-refractivity contribution in [2.45, 2.75) is 24.8 Å². The molecule has 0 aliphatic heterocycles. The van der Waals surface area contributed by atoms with Gasteiger partial charge in [-0.25, -0.2) is 12.7 Å². The van der Waals surface area contributed by atoms with Crippen molar-refractivity contribution in [2.24, 2.45) is 0 Å². The highest BCUT2D eigenvalue weighted by atomic mass is 32.2. The first-order chi connectivity index (χ1) is 7.89. The predicted octanol–water partition coefficient (Wildman–Crippen LogP) is 1.61. The van der Waals surface area contributed by atoms with Gasteiger partial charge in [0.2, 0.25) is 10.0 Å². The van der Waals surface area contributed by atoms with E-state index in [1.165, 1.54) is 18.4 Å². The molecule has 0 bridgehead atoms. The maximum Gasteiger partial charge on any atom is 0.242 e. The van der Waals surface area contributed by atoms with E-state index >= 15 is 0 Å². The summed E-state index contributed by atoms with van der Waals surface area (Å²) in [5, 5.41) is 3.28. The molecule has 5 heteroatoms. The quantitative estimate of drug-likeness (QED) is 0.870. The topological polar surface area (TPSA) is 49.4 Å². The van der Waals surface area contributed by atoms with Gasteiger partial charge < -0.3 is 5.32 Å². The summed E-state index contributed by atoms with van der Waals surface area (Å²) >= 11 is 0. The van der Waals surface area contributed by atoms with Gasteiger partial charge in [-0.2, -0.15) is 0 Å². The molecule has 1 aromatic rings. The summed E-state index contributed by atoms with van der Waals surface area (Å²) < 4.78 is 24.9. The van der Waals surface area contributed by atoms with Gasteiger partial charge in [0.25, 0.3) is 0 Å². The molecular weight excluding hydrogens is 236 g/mol. The van der Waals surface area contributed by atoms with Crippen molar-refractivity contribution < 1.29 is 8.42 Å². The van der Waals surface area contributed by atoms with Gasteiger partial charge in [0, 0.05) is 20.1 Å². The van der Waals surface area contributed by atoms with Crippen LogP contribution in [0.3, 0.4) is 0 Å². The SMILES string of the molecule is CCNC(C)c1ccc(S(=O)(=O)N(C)C)cc1. The lowest BCUT2D eigenvalue weighted by Gasteiger charge is -2.15. The standard InChI is InChI=1S/C12H20N2O2S/c1-5-13-10(2)11-6-8-12(9-7-11)17(15,16)14(3)4/h6-10,13H,5H2,1-4H3. The molecular formula is C12H20N2O2S. The van der Waals surface area contributed by atoms with Crippen LogP contribution in [0.15, 0.2) is 29.2 Å². The Hall–Kier alpha value is -0.910. The molecule has 0 aliphatic rings. The summed E-state index contributed by atoms with van der Waals surface area (Å²) in [7, 11) is -0.254. The third-order valence-electron chi connectivity index (χ3n) is 2.67. The molecule has 1 N–H and O–H groups in total. The summed E-state index contributed by atoms with van der Waals surface area (Å²) in [4.78, 5) is 0.329. The van der Waals surface area contributed by atoms with Crippen molar-refractivity contribution >= 4 is 10.0 Å². The lowest BCUT2D eigenvalue weighted by atomic mass is 10.1. The Morgan fingerprint density at radius 3 is 2.18 bits per heavy atom. The van der Waals surface area contributed by atoms with Crippen LogP contribution in [-0.4, -0.2) is 33.4 Å². The van der Waals surface area contributed by atoms with Gasteiger partial charge in [0.15, 0.2) is 0 Å². The van der Waals surface area contributed by atoms with Crippen molar-refractivity contribution in [1.29, 1.82) is 0 Å². The molecule has 4 nitrogen and oxygen atoms in total. The Labute approximate surface area is 104 Å². The van der Waals surface area contributed by atoms with Crippen LogP contribution in [0.4, 0.5) is 0 Å². The zero-order chi connectivity index (χ0) is 13.1. The molecule has 0 radical (unpaired) electrons. The summed E-state index contributed by atoms with van der Waals surface area (Å²) in [6, 6.07) is 7.24. The van der Waals surface area contributed by atoms with Crippen LogP contribution in [0.1, 0.15) is 25.5 Å². The molecule has 0 fully saturated rings. The van der Waals surface area contributed by atoms with Crippen molar-refractivity contribution in [2.75, 3.05) is 20.6 Å². The van der Waals surface area contributed by atoms with E-state index in [9.17, 15) is 8.42 Å². The van der Waals surface area contributed by atoms with Gasteiger partial charge in [-0.3, -0.25) is 0 Å². The third kappa shape index (κ3) is 3.28. The second-order valence-electron chi connectivity index (χ2n) is 4.14. The maximum absolute atomic E-state index is 11.8. The molecule has 0 aromatic heterocycles. The lowest BCUT2D eigenvalue weighted by Crippen LogP contribution is -2.22. The zero-order valence-corrected chi connectivity index (χ0v) is 11.6. The Bertz CT molecular complexity index is 452. The van der Waals surface area contributed by atoms with E-state index in [0.717, 1.165) is 12.1 Å². The van der Waals surface area contributed by atoms with Crippen molar-refractivity contribution in [3.63, 3.8) is 0 Å². The van der Waals surface area contributed by atoms with Gasteiger partial charge in [0.1, 0.15) is 0 Å². The van der Waals surface area contributed by atoms with Gasteiger partial charge in [-0.1, -0.05) is 19.1 Å². The van der Waals surface area contributed by atoms with E-state index in [1.54, 1.807) is 12.1 Å². The third-order valence-corrected chi connectivity index (χ3v) is 4.50. The smallest absolute Gasteiger partial charge is 0.242 e. The van der Waals surface area contributed by atoms with Gasteiger partial charge >= 0.3 is 0 Å². The average molecular weight is 256 g/mol. The molecule has 17 heavy (non-hydrogen) atoms. The molecule has 0 saturated heterocycles. The second kappa shape index (κ2) is 5.62. The Morgan fingerprint density at radius 1 is 1.24 bits per heavy atom. The molecule has 1 atom stereocenters. The molecule has 0 heterocycles. The molecule has 0 spiro atoms. The van der Waals surface area contributed by atoms with Crippen LogP contribution in [0, 0.1) is 0 Å². The Morgan fingerprint density at radius 2 is 1.76 bits per heavy atom. The van der Waals surface area contributed by atoms with Crippen LogP contribution >= 0.6 is 0 Å². The van der Waals surface area contributed by atoms with Gasteiger partial charge in [-0.05, 0) is 31.2 Å². The van der Waals surface area contributed by atoms with E-state index in [0.29, 0.717) is 4.90 Å². The largest absolute Gasteiger partial charge is 0.310 e. The predicted molar refractivity (Wildman–Crippen MR) is 69.4 cm³/mol. The van der Waals surface area contributed by atoms with E-state index in [4.69, 9.17) is 0 Å². The molecule has 1 aromatic carbocycles. The van der Waals surface area contributed by atoms with E-state index < -0.39 is 10.0 Å². The minimum atomic E-state index is -3.32. The van der Waals surface area contributed by atoms with Crippen molar-refractivity contribution in [3.8, 4) is 0 Å². The number of hydrogen-bond donors (Lipinski definition) is 1. The monoisotopic (exact) mass is 256 g/mol. The number of sulfonamides is 1. The minimum absolute atomic E-state index is 0.233. The normalized spacial score (nSPS) is 13.9. The lowest BCUT2D eigenvalue weighted by molar-refractivity contribution is 0.520. The first-order valence-electron chi connectivity index (χ1n) is 5.65. The highest BCUT2D eigenvalue weighted by molar-refractivity contribution is 7.89. The highest BCUT2D eigenvalue weighted by Crippen LogP contribution is 2.17. The van der Waals surface area contributed by atoms with Crippen molar-refractivity contribution in [1.82, 2.24) is 9.62 Å². The van der Waals surface area contributed by atoms with E-state index in [-0.39, 0.29) is 6.04 Å². The minimum Gasteiger partial charge on any atom is -0.310 e. The van der Waals surface area contributed by atoms with Crippen LogP contribution in [0.25, 0.3) is 0 Å². The van der Waals surface area contributed by atoms with Crippen LogP contribution in [-0.2, 0) is 10.0 Å². The number of rotatable bonds is 5. The number of hydrogen-bond acceptors (Lipinski definition) is 3. The van der Waals surface area contributed by atoms with Gasteiger partial charge in [-0.15, -0.1) is 0 Å². The van der Waals surface area contributed by atoms with E-state index in [2.05, 4.69) is 12.2 Å². The van der Waals surface area contributed by atoms with E-state index in [1.807, 2.05) is 19.1 Å². The van der Waals surface area contributed by atoms with Crippen LogP contribution in [0.2, 0.25) is 0 Å². The molecule has 0 aliphatic carbocycles. The van der Waals surface area contributed by atoms with Crippen LogP contribution < -0.4 is 5.32 Å². The fourth-order valence-electron chi connectivity index (χ4n) is 1.56. The maximum atomic E-state index is 11.8. The summed E-state index contributed by atoms with van der Waals surface area (Å²) in [5.41, 5.74) is 1.09. The summed E-state index contributed by atoms with van der Waals surface area (Å²) in [6.07, 6.45) is 0. The summed E-state index contributed by atoms with van der Waals surface area (Å²) in [5.74, 6) is 0. The molecule has 96 valence electrons. The van der Waals surface area contributed by atoms with Crippen LogP contribution in [0.5, 0.6) is 0 Å². The molecule has 0 amide bonds. The fourth-order valence-corrected chi connectivity index (χ4v) is 2.46. The summed E-state index contributed by atoms with van der Waals surface area (Å²) in [6.45, 7) is 4.99. The average Bonchev–Trinajstić information content (AvgIpc) is 2.29. The van der Waals surface area contributed by atoms with Gasteiger partial charge in [0.05, 0.1) is 4.90 Å². The zero-order valence-electron chi connectivity index (χ0n) is 10.8. The molecule has 0 saturated carbocycles. The first kappa shape index (κ1) is 14.2. The number of nitrogens with zero attached hydrogens (tertiary/aromatic N) is 1.